The second-order valence-corrected chi connectivity index (χ2v) is 5.06. The first-order valence-electron chi connectivity index (χ1n) is 6.39. The lowest BCUT2D eigenvalue weighted by Crippen LogP contribution is -2.07. The number of benzene rings is 2. The van der Waals surface area contributed by atoms with Crippen molar-refractivity contribution in [1.29, 1.82) is 0 Å². The van der Waals surface area contributed by atoms with E-state index in [4.69, 9.17) is 5.11 Å². The predicted molar refractivity (Wildman–Crippen MR) is 77.4 cm³/mol. The lowest BCUT2D eigenvalue weighted by Gasteiger charge is -2.10. The van der Waals surface area contributed by atoms with Gasteiger partial charge in [0.2, 0.25) is 0 Å². The van der Waals surface area contributed by atoms with Crippen LogP contribution in [0.2, 0.25) is 0 Å². The zero-order chi connectivity index (χ0) is 14.0. The van der Waals surface area contributed by atoms with E-state index in [1.54, 1.807) is 6.92 Å². The van der Waals surface area contributed by atoms with Crippen molar-refractivity contribution in [2.24, 2.45) is 0 Å². The zero-order valence-corrected chi connectivity index (χ0v) is 11.5. The lowest BCUT2D eigenvalue weighted by molar-refractivity contribution is -0.138. The van der Waals surface area contributed by atoms with Crippen LogP contribution in [0.3, 0.4) is 0 Å². The first-order chi connectivity index (χ1) is 8.97. The molecule has 2 nitrogen and oxygen atoms in total. The van der Waals surface area contributed by atoms with Crippen LogP contribution in [-0.2, 0) is 4.79 Å². The van der Waals surface area contributed by atoms with Crippen LogP contribution >= 0.6 is 0 Å². The largest absolute Gasteiger partial charge is 0.481 e. The van der Waals surface area contributed by atoms with Gasteiger partial charge in [-0.3, -0.25) is 4.79 Å². The smallest absolute Gasteiger partial charge is 0.310 e. The summed E-state index contributed by atoms with van der Waals surface area (Å²) in [6, 6.07) is 14.1. The van der Waals surface area contributed by atoms with Crippen LogP contribution in [0.25, 0.3) is 11.1 Å². The molecular formula is C17H18O2. The average Bonchev–Trinajstić information content (AvgIpc) is 2.36. The highest BCUT2D eigenvalue weighted by Crippen LogP contribution is 2.26. The Morgan fingerprint density at radius 1 is 1.00 bits per heavy atom. The molecule has 0 saturated carbocycles. The number of hydrogen-bond acceptors (Lipinski definition) is 1. The summed E-state index contributed by atoms with van der Waals surface area (Å²) in [6.45, 7) is 5.85. The molecule has 0 bridgehead atoms. The molecule has 2 rings (SSSR count). The topological polar surface area (TPSA) is 37.3 Å². The van der Waals surface area contributed by atoms with Gasteiger partial charge in [-0.2, -0.15) is 0 Å². The maximum atomic E-state index is 11.1. The molecule has 0 heterocycles. The van der Waals surface area contributed by atoms with Gasteiger partial charge in [-0.05, 0) is 37.5 Å². The fourth-order valence-corrected chi connectivity index (χ4v) is 2.27. The summed E-state index contributed by atoms with van der Waals surface area (Å²) in [7, 11) is 0. The summed E-state index contributed by atoms with van der Waals surface area (Å²) in [6.07, 6.45) is 0. The molecule has 0 fully saturated rings. The molecule has 0 saturated heterocycles. The van der Waals surface area contributed by atoms with Crippen LogP contribution in [0.4, 0.5) is 0 Å². The van der Waals surface area contributed by atoms with Gasteiger partial charge in [0.15, 0.2) is 0 Å². The maximum absolute atomic E-state index is 11.1. The molecule has 0 spiro atoms. The summed E-state index contributed by atoms with van der Waals surface area (Å²) in [4.78, 5) is 11.1. The number of carboxylic acid groups (broad SMARTS) is 1. The summed E-state index contributed by atoms with van der Waals surface area (Å²) >= 11 is 0. The van der Waals surface area contributed by atoms with Crippen LogP contribution in [0.1, 0.15) is 29.5 Å². The van der Waals surface area contributed by atoms with E-state index in [0.29, 0.717) is 0 Å². The van der Waals surface area contributed by atoms with Gasteiger partial charge in [0, 0.05) is 0 Å². The average molecular weight is 254 g/mol. The Morgan fingerprint density at radius 3 is 2.21 bits per heavy atom. The summed E-state index contributed by atoms with van der Waals surface area (Å²) in [5, 5.41) is 9.09. The van der Waals surface area contributed by atoms with Crippen LogP contribution < -0.4 is 0 Å². The molecular weight excluding hydrogens is 236 g/mol. The Kier molecular flexibility index (Phi) is 3.70. The minimum atomic E-state index is -0.794. The van der Waals surface area contributed by atoms with Crippen molar-refractivity contribution in [3.05, 3.63) is 59.2 Å². The molecule has 2 aromatic carbocycles. The molecule has 98 valence electrons. The van der Waals surface area contributed by atoms with Gasteiger partial charge in [0.05, 0.1) is 5.92 Å². The van der Waals surface area contributed by atoms with Crippen molar-refractivity contribution in [2.75, 3.05) is 0 Å². The third kappa shape index (κ3) is 3.02. The third-order valence-corrected chi connectivity index (χ3v) is 3.31. The highest BCUT2D eigenvalue weighted by atomic mass is 16.4. The number of carboxylic acids is 1. The number of carbonyl (C=O) groups is 1. The van der Waals surface area contributed by atoms with Gasteiger partial charge in [0.1, 0.15) is 0 Å². The van der Waals surface area contributed by atoms with E-state index in [1.165, 1.54) is 11.1 Å². The Balaban J connectivity index is 2.46. The van der Waals surface area contributed by atoms with Crippen LogP contribution in [0.15, 0.2) is 42.5 Å². The van der Waals surface area contributed by atoms with Gasteiger partial charge in [-0.15, -0.1) is 0 Å². The normalized spacial score (nSPS) is 12.2. The van der Waals surface area contributed by atoms with Gasteiger partial charge in [-0.25, -0.2) is 0 Å². The fourth-order valence-electron chi connectivity index (χ4n) is 2.27. The standard InChI is InChI=1S/C17H18O2/c1-11-7-12(2)9-16(8-11)15-6-4-5-14(10-15)13(3)17(18)19/h4-10,13H,1-3H3,(H,18,19). The first kappa shape index (κ1) is 13.3. The van der Waals surface area contributed by atoms with Crippen LogP contribution in [0.5, 0.6) is 0 Å². The Hall–Kier alpha value is -2.09. The van der Waals surface area contributed by atoms with E-state index < -0.39 is 11.9 Å². The minimum absolute atomic E-state index is 0.481. The van der Waals surface area contributed by atoms with Crippen molar-refractivity contribution in [3.8, 4) is 11.1 Å². The van der Waals surface area contributed by atoms with Gasteiger partial charge in [0.25, 0.3) is 0 Å². The molecule has 1 atom stereocenters. The van der Waals surface area contributed by atoms with Gasteiger partial charge < -0.3 is 5.11 Å². The molecule has 1 unspecified atom stereocenters. The minimum Gasteiger partial charge on any atom is -0.481 e. The molecule has 2 heteroatoms. The number of aryl methyl sites for hydroxylation is 2. The predicted octanol–water partition coefficient (Wildman–Crippen LogP) is 4.16. The van der Waals surface area contributed by atoms with E-state index in [1.807, 2.05) is 24.3 Å². The maximum Gasteiger partial charge on any atom is 0.310 e. The Morgan fingerprint density at radius 2 is 1.63 bits per heavy atom. The van der Waals surface area contributed by atoms with Crippen molar-refractivity contribution >= 4 is 5.97 Å². The quantitative estimate of drug-likeness (QED) is 0.893. The van der Waals surface area contributed by atoms with E-state index >= 15 is 0 Å². The second-order valence-electron chi connectivity index (χ2n) is 5.06. The Bertz CT molecular complexity index is 594. The van der Waals surface area contributed by atoms with E-state index in [0.717, 1.165) is 16.7 Å². The lowest BCUT2D eigenvalue weighted by atomic mass is 9.95. The third-order valence-electron chi connectivity index (χ3n) is 3.31. The molecule has 0 aliphatic carbocycles. The number of hydrogen-bond donors (Lipinski definition) is 1. The van der Waals surface area contributed by atoms with Crippen molar-refractivity contribution in [1.82, 2.24) is 0 Å². The number of rotatable bonds is 3. The molecule has 0 aliphatic rings. The van der Waals surface area contributed by atoms with E-state index in [-0.39, 0.29) is 0 Å². The van der Waals surface area contributed by atoms with Crippen LogP contribution in [0, 0.1) is 13.8 Å². The van der Waals surface area contributed by atoms with E-state index in [9.17, 15) is 4.79 Å². The highest BCUT2D eigenvalue weighted by molar-refractivity contribution is 5.77. The molecule has 19 heavy (non-hydrogen) atoms. The molecule has 2 aromatic rings. The summed E-state index contributed by atoms with van der Waals surface area (Å²) in [5.74, 6) is -1.27. The van der Waals surface area contributed by atoms with E-state index in [2.05, 4.69) is 32.0 Å². The van der Waals surface area contributed by atoms with Crippen molar-refractivity contribution < 1.29 is 9.90 Å². The Labute approximate surface area is 113 Å². The van der Waals surface area contributed by atoms with Crippen molar-refractivity contribution in [2.45, 2.75) is 26.7 Å². The molecule has 1 N–H and O–H groups in total. The van der Waals surface area contributed by atoms with Crippen molar-refractivity contribution in [3.63, 3.8) is 0 Å². The molecule has 0 aliphatic heterocycles. The highest BCUT2D eigenvalue weighted by Gasteiger charge is 2.14. The zero-order valence-electron chi connectivity index (χ0n) is 11.5. The molecule has 0 radical (unpaired) electrons. The second kappa shape index (κ2) is 5.27. The monoisotopic (exact) mass is 254 g/mol. The molecule has 0 amide bonds. The summed E-state index contributed by atoms with van der Waals surface area (Å²) < 4.78 is 0. The SMILES string of the molecule is Cc1cc(C)cc(-c2cccc(C(C)C(=O)O)c2)c1. The number of aliphatic carboxylic acids is 1. The van der Waals surface area contributed by atoms with Gasteiger partial charge >= 0.3 is 5.97 Å². The van der Waals surface area contributed by atoms with Gasteiger partial charge in [-0.1, -0.05) is 53.6 Å². The fraction of sp³-hybridized carbons (Fsp3) is 0.235. The van der Waals surface area contributed by atoms with Crippen LogP contribution in [-0.4, -0.2) is 11.1 Å². The summed E-state index contributed by atoms with van der Waals surface area (Å²) in [5.41, 5.74) is 5.47. The molecule has 0 aromatic heterocycles. The first-order valence-corrected chi connectivity index (χ1v) is 6.39.